The fourth-order valence-corrected chi connectivity index (χ4v) is 5.03. The van der Waals surface area contributed by atoms with E-state index in [1.54, 1.807) is 20.3 Å². The molecule has 1 saturated carbocycles. The largest absolute Gasteiger partial charge is 0.493 e. The number of rotatable bonds is 11. The van der Waals surface area contributed by atoms with Crippen LogP contribution in [0.5, 0.6) is 17.2 Å². The third-order valence-electron chi connectivity index (χ3n) is 7.15. The van der Waals surface area contributed by atoms with Crippen LogP contribution in [-0.2, 0) is 14.3 Å². The van der Waals surface area contributed by atoms with Crippen LogP contribution in [0.25, 0.3) is 16.5 Å². The smallest absolute Gasteiger partial charge is 0.186 e. The predicted octanol–water partition coefficient (Wildman–Crippen LogP) is 5.46. The monoisotopic (exact) mass is 543 g/mol. The van der Waals surface area contributed by atoms with Crippen molar-refractivity contribution in [3.05, 3.63) is 60.5 Å². The van der Waals surface area contributed by atoms with E-state index in [-0.39, 0.29) is 11.6 Å². The average Bonchev–Trinajstić information content (AvgIpc) is 2.98. The highest BCUT2D eigenvalue weighted by Gasteiger charge is 2.22. The van der Waals surface area contributed by atoms with Crippen LogP contribution >= 0.6 is 0 Å². The van der Waals surface area contributed by atoms with Gasteiger partial charge < -0.3 is 24.3 Å². The minimum Gasteiger partial charge on any atom is -0.493 e. The number of hydrogen-bond acceptors (Lipinski definition) is 9. The third kappa shape index (κ3) is 6.31. The number of fused-ring (bicyclic) bond motifs is 1. The number of hydrogen-bond donors (Lipinski definition) is 1. The number of aromatic nitrogens is 2. The molecule has 2 aliphatic rings. The van der Waals surface area contributed by atoms with E-state index in [0.717, 1.165) is 18.2 Å². The highest BCUT2D eigenvalue weighted by atomic mass is 16.5. The fourth-order valence-electron chi connectivity index (χ4n) is 5.03. The van der Waals surface area contributed by atoms with Gasteiger partial charge in [-0.25, -0.2) is 9.97 Å². The molecule has 1 aromatic heterocycles. The van der Waals surface area contributed by atoms with E-state index >= 15 is 0 Å². The first-order valence-electron chi connectivity index (χ1n) is 13.5. The highest BCUT2D eigenvalue weighted by Crippen LogP contribution is 2.37. The molecular weight excluding hydrogens is 510 g/mol. The normalized spacial score (nSPS) is 15.7. The number of carbonyl (C=O) groups excluding carboxylic acids is 2. The van der Waals surface area contributed by atoms with Gasteiger partial charge in [-0.2, -0.15) is 0 Å². The summed E-state index contributed by atoms with van der Waals surface area (Å²) < 4.78 is 22.7. The van der Waals surface area contributed by atoms with Crippen LogP contribution in [0.3, 0.4) is 0 Å². The van der Waals surface area contributed by atoms with Crippen molar-refractivity contribution in [1.29, 1.82) is 0 Å². The van der Waals surface area contributed by atoms with Crippen LogP contribution in [0, 0.1) is 5.92 Å². The number of nitrogens with zero attached hydrogens (tertiary/aromatic N) is 2. The van der Waals surface area contributed by atoms with Crippen LogP contribution in [-0.4, -0.2) is 55.6 Å². The van der Waals surface area contributed by atoms with Gasteiger partial charge in [0.2, 0.25) is 0 Å². The fraction of sp³-hybridized carbons (Fsp3) is 0.355. The first kappa shape index (κ1) is 27.3. The Labute approximate surface area is 233 Å². The van der Waals surface area contributed by atoms with Gasteiger partial charge >= 0.3 is 0 Å². The molecule has 1 heterocycles. The van der Waals surface area contributed by atoms with Crippen molar-refractivity contribution in [3.63, 3.8) is 0 Å². The molecule has 1 fully saturated rings. The Kier molecular flexibility index (Phi) is 8.71. The number of allylic oxidation sites excluding steroid dienone is 4. The SMILES string of the molecule is COCCOc1cc2ncnc(Nc3ccc(OCC4CCCCC4)c(C4=CC(=O)C=CC4=O)c3)c2cc1OC. The molecule has 0 unspecified atom stereocenters. The number of benzene rings is 2. The van der Waals surface area contributed by atoms with Crippen LogP contribution in [0.1, 0.15) is 37.7 Å². The minimum atomic E-state index is -0.238. The summed E-state index contributed by atoms with van der Waals surface area (Å²) in [6.07, 6.45) is 11.4. The van der Waals surface area contributed by atoms with Crippen molar-refractivity contribution in [3.8, 4) is 17.2 Å². The molecule has 2 aliphatic carbocycles. The van der Waals surface area contributed by atoms with E-state index in [9.17, 15) is 9.59 Å². The number of carbonyl (C=O) groups is 2. The van der Waals surface area contributed by atoms with Gasteiger partial charge in [-0.05, 0) is 61.3 Å². The van der Waals surface area contributed by atoms with Gasteiger partial charge in [0.1, 0.15) is 24.5 Å². The Balaban J connectivity index is 1.46. The molecule has 2 aromatic carbocycles. The minimum absolute atomic E-state index is 0.233. The number of anilines is 2. The van der Waals surface area contributed by atoms with Gasteiger partial charge in [-0.3, -0.25) is 9.59 Å². The molecule has 5 rings (SSSR count). The first-order valence-corrected chi connectivity index (χ1v) is 13.5. The van der Waals surface area contributed by atoms with E-state index in [4.69, 9.17) is 18.9 Å². The van der Waals surface area contributed by atoms with Crippen molar-refractivity contribution in [2.45, 2.75) is 32.1 Å². The van der Waals surface area contributed by atoms with Gasteiger partial charge in [-0.1, -0.05) is 19.3 Å². The summed E-state index contributed by atoms with van der Waals surface area (Å²) in [6, 6.07) is 9.15. The van der Waals surface area contributed by atoms with Crippen molar-refractivity contribution >= 4 is 39.5 Å². The quantitative estimate of drug-likeness (QED) is 0.249. The molecule has 0 radical (unpaired) electrons. The summed E-state index contributed by atoms with van der Waals surface area (Å²) in [6.45, 7) is 1.40. The standard InChI is InChI=1S/C31H33N3O6/c1-37-12-13-39-30-17-26-25(16-29(30)38-2)31(33-19-32-26)34-21-8-11-28(40-18-20-6-4-3-5-7-20)24(14-21)23-15-22(35)9-10-27(23)36/h8-11,14-17,19-20H,3-7,12-13,18H2,1-2H3,(H,32,33,34). The molecule has 40 heavy (non-hydrogen) atoms. The zero-order chi connectivity index (χ0) is 27.9. The van der Waals surface area contributed by atoms with Gasteiger partial charge in [0.15, 0.2) is 23.1 Å². The van der Waals surface area contributed by atoms with Crippen LogP contribution < -0.4 is 19.5 Å². The number of nitrogens with one attached hydrogen (secondary N) is 1. The Morgan fingerprint density at radius 1 is 0.900 bits per heavy atom. The molecule has 3 aromatic rings. The maximum Gasteiger partial charge on any atom is 0.186 e. The topological polar surface area (TPSA) is 109 Å². The maximum atomic E-state index is 12.8. The average molecular weight is 544 g/mol. The molecule has 0 bridgehead atoms. The van der Waals surface area contributed by atoms with Gasteiger partial charge in [-0.15, -0.1) is 0 Å². The lowest BCUT2D eigenvalue weighted by molar-refractivity contribution is -0.113. The Bertz CT molecular complexity index is 1460. The van der Waals surface area contributed by atoms with E-state index in [1.165, 1.54) is 43.8 Å². The molecule has 1 N–H and O–H groups in total. The molecule has 208 valence electrons. The second kappa shape index (κ2) is 12.7. The van der Waals surface area contributed by atoms with Crippen LogP contribution in [0.4, 0.5) is 11.5 Å². The molecule has 0 amide bonds. The van der Waals surface area contributed by atoms with E-state index in [1.807, 2.05) is 24.3 Å². The highest BCUT2D eigenvalue weighted by molar-refractivity contribution is 6.34. The zero-order valence-corrected chi connectivity index (χ0v) is 22.8. The molecule has 0 spiro atoms. The summed E-state index contributed by atoms with van der Waals surface area (Å²) in [5.74, 6) is 2.24. The van der Waals surface area contributed by atoms with E-state index in [2.05, 4.69) is 15.3 Å². The summed E-state index contributed by atoms with van der Waals surface area (Å²) in [7, 11) is 3.19. The van der Waals surface area contributed by atoms with Crippen molar-refractivity contribution in [2.24, 2.45) is 5.92 Å². The second-order valence-electron chi connectivity index (χ2n) is 9.89. The van der Waals surface area contributed by atoms with Gasteiger partial charge in [0.05, 0.1) is 25.8 Å². The predicted molar refractivity (Wildman–Crippen MR) is 152 cm³/mol. The molecule has 9 nitrogen and oxygen atoms in total. The lowest BCUT2D eigenvalue weighted by Crippen LogP contribution is -2.16. The summed E-state index contributed by atoms with van der Waals surface area (Å²) in [5, 5.41) is 4.07. The summed E-state index contributed by atoms with van der Waals surface area (Å²) in [5.41, 5.74) is 2.21. The molecule has 0 atom stereocenters. The van der Waals surface area contributed by atoms with Crippen LogP contribution in [0.15, 0.2) is 54.9 Å². The zero-order valence-electron chi connectivity index (χ0n) is 22.8. The molecule has 0 saturated heterocycles. The maximum absolute atomic E-state index is 12.8. The molecular formula is C31H33N3O6. The summed E-state index contributed by atoms with van der Waals surface area (Å²) >= 11 is 0. The Morgan fingerprint density at radius 2 is 1.75 bits per heavy atom. The van der Waals surface area contributed by atoms with Crippen molar-refractivity contribution in [1.82, 2.24) is 9.97 Å². The van der Waals surface area contributed by atoms with Crippen molar-refractivity contribution in [2.75, 3.05) is 39.4 Å². The van der Waals surface area contributed by atoms with Crippen LogP contribution in [0.2, 0.25) is 0 Å². The third-order valence-corrected chi connectivity index (χ3v) is 7.15. The number of methoxy groups -OCH3 is 2. The van der Waals surface area contributed by atoms with Crippen molar-refractivity contribution < 1.29 is 28.5 Å². The van der Waals surface area contributed by atoms with Gasteiger partial charge in [0.25, 0.3) is 0 Å². The van der Waals surface area contributed by atoms with E-state index < -0.39 is 0 Å². The lowest BCUT2D eigenvalue weighted by atomic mass is 9.90. The number of ether oxygens (including phenoxy) is 4. The molecule has 9 heteroatoms. The summed E-state index contributed by atoms with van der Waals surface area (Å²) in [4.78, 5) is 33.8. The first-order chi connectivity index (χ1) is 19.6. The lowest BCUT2D eigenvalue weighted by Gasteiger charge is -2.23. The molecule has 0 aliphatic heterocycles. The Morgan fingerprint density at radius 3 is 2.55 bits per heavy atom. The van der Waals surface area contributed by atoms with E-state index in [0.29, 0.717) is 71.1 Å². The second-order valence-corrected chi connectivity index (χ2v) is 9.89. The van der Waals surface area contributed by atoms with Gasteiger partial charge in [0, 0.05) is 35.4 Å². The Hall–Kier alpha value is -4.24. The number of ketones is 2.